The van der Waals surface area contributed by atoms with E-state index < -0.39 is 17.4 Å². The van der Waals surface area contributed by atoms with Gasteiger partial charge in [0.1, 0.15) is 17.0 Å². The number of benzene rings is 1. The van der Waals surface area contributed by atoms with E-state index in [-0.39, 0.29) is 6.61 Å². The number of nitrogens with one attached hydrogen (secondary N) is 1. The molecule has 23 heavy (non-hydrogen) atoms. The summed E-state index contributed by atoms with van der Waals surface area (Å²) in [5.74, 6) is 0.334. The lowest BCUT2D eigenvalue weighted by Crippen LogP contribution is -2.57. The molecule has 1 aromatic carbocycles. The van der Waals surface area contributed by atoms with Gasteiger partial charge in [-0.1, -0.05) is 6.92 Å². The maximum absolute atomic E-state index is 12.1. The van der Waals surface area contributed by atoms with Gasteiger partial charge in [0.15, 0.2) is 6.61 Å². The molecular weight excluding hydrogens is 298 g/mol. The van der Waals surface area contributed by atoms with Gasteiger partial charge in [-0.3, -0.25) is 4.79 Å². The van der Waals surface area contributed by atoms with Crippen LogP contribution in [0.4, 0.5) is 0 Å². The van der Waals surface area contributed by atoms with E-state index in [1.54, 1.807) is 31.4 Å². The van der Waals surface area contributed by atoms with E-state index in [1.807, 2.05) is 0 Å². The Kier molecular flexibility index (Phi) is 5.47. The molecule has 2 N–H and O–H groups in total. The number of aliphatic carboxylic acids is 1. The molecule has 1 saturated carbocycles. The van der Waals surface area contributed by atoms with Crippen molar-refractivity contribution < 1.29 is 24.2 Å². The minimum Gasteiger partial charge on any atom is -0.497 e. The summed E-state index contributed by atoms with van der Waals surface area (Å²) in [5.41, 5.74) is -1.16. The van der Waals surface area contributed by atoms with Crippen molar-refractivity contribution >= 4 is 11.9 Å². The van der Waals surface area contributed by atoms with Crippen LogP contribution in [0.2, 0.25) is 0 Å². The molecule has 0 unspecified atom stereocenters. The standard InChI is InChI=1S/C17H23NO5/c1-12-7-9-17(10-8-12,16(20)21)18-15(19)11-23-14-5-3-13(22-2)4-6-14/h3-6,12H,7-11H2,1-2H3,(H,18,19)(H,20,21). The van der Waals surface area contributed by atoms with E-state index in [0.29, 0.717) is 30.3 Å². The molecule has 2 rings (SSSR count). The van der Waals surface area contributed by atoms with Crippen LogP contribution in [0, 0.1) is 5.92 Å². The average molecular weight is 321 g/mol. The first kappa shape index (κ1) is 17.1. The zero-order valence-corrected chi connectivity index (χ0v) is 13.5. The second kappa shape index (κ2) is 7.35. The van der Waals surface area contributed by atoms with Crippen LogP contribution in [-0.2, 0) is 9.59 Å². The highest BCUT2D eigenvalue weighted by Gasteiger charge is 2.42. The Hall–Kier alpha value is -2.24. The molecular formula is C17H23NO5. The summed E-state index contributed by atoms with van der Waals surface area (Å²) < 4.78 is 10.4. The van der Waals surface area contributed by atoms with Crippen LogP contribution in [0.5, 0.6) is 11.5 Å². The fourth-order valence-corrected chi connectivity index (χ4v) is 2.77. The van der Waals surface area contributed by atoms with Crippen LogP contribution in [-0.4, -0.2) is 36.2 Å². The number of ether oxygens (including phenoxy) is 2. The van der Waals surface area contributed by atoms with Crippen molar-refractivity contribution in [3.8, 4) is 11.5 Å². The molecule has 1 aromatic rings. The zero-order valence-electron chi connectivity index (χ0n) is 13.5. The number of carbonyl (C=O) groups excluding carboxylic acids is 1. The molecule has 0 spiro atoms. The van der Waals surface area contributed by atoms with Crippen molar-refractivity contribution in [2.24, 2.45) is 5.92 Å². The summed E-state index contributed by atoms with van der Waals surface area (Å²) >= 11 is 0. The highest BCUT2D eigenvalue weighted by atomic mass is 16.5. The number of hydrogen-bond donors (Lipinski definition) is 2. The Balaban J connectivity index is 1.90. The lowest BCUT2D eigenvalue weighted by molar-refractivity contribution is -0.150. The van der Waals surface area contributed by atoms with Gasteiger partial charge in [-0.05, 0) is 55.9 Å². The molecule has 0 aliphatic heterocycles. The van der Waals surface area contributed by atoms with Gasteiger partial charge < -0.3 is 19.9 Å². The molecule has 1 fully saturated rings. The first-order valence-corrected chi connectivity index (χ1v) is 7.76. The second-order valence-corrected chi connectivity index (χ2v) is 6.08. The number of methoxy groups -OCH3 is 1. The largest absolute Gasteiger partial charge is 0.497 e. The highest BCUT2D eigenvalue weighted by Crippen LogP contribution is 2.32. The van der Waals surface area contributed by atoms with E-state index in [9.17, 15) is 14.7 Å². The Morgan fingerprint density at radius 3 is 2.30 bits per heavy atom. The molecule has 6 heteroatoms. The van der Waals surface area contributed by atoms with Crippen LogP contribution >= 0.6 is 0 Å². The third-order valence-corrected chi connectivity index (χ3v) is 4.35. The van der Waals surface area contributed by atoms with Crippen LogP contribution in [0.15, 0.2) is 24.3 Å². The van der Waals surface area contributed by atoms with Crippen LogP contribution in [0.25, 0.3) is 0 Å². The average Bonchev–Trinajstić information content (AvgIpc) is 2.55. The summed E-state index contributed by atoms with van der Waals surface area (Å²) in [6.45, 7) is 1.89. The monoisotopic (exact) mass is 321 g/mol. The summed E-state index contributed by atoms with van der Waals surface area (Å²) in [6.07, 6.45) is 2.51. The summed E-state index contributed by atoms with van der Waals surface area (Å²) in [7, 11) is 1.57. The minimum absolute atomic E-state index is 0.211. The van der Waals surface area contributed by atoms with Gasteiger partial charge >= 0.3 is 5.97 Å². The lowest BCUT2D eigenvalue weighted by Gasteiger charge is -2.36. The zero-order chi connectivity index (χ0) is 16.9. The predicted molar refractivity (Wildman–Crippen MR) is 84.6 cm³/mol. The number of amides is 1. The molecule has 0 saturated heterocycles. The molecule has 6 nitrogen and oxygen atoms in total. The maximum atomic E-state index is 12.1. The van der Waals surface area contributed by atoms with Crippen molar-refractivity contribution in [1.29, 1.82) is 0 Å². The predicted octanol–water partition coefficient (Wildman–Crippen LogP) is 2.22. The van der Waals surface area contributed by atoms with E-state index in [1.165, 1.54) is 0 Å². The molecule has 1 aliphatic rings. The number of carboxylic acid groups (broad SMARTS) is 1. The van der Waals surface area contributed by atoms with Gasteiger partial charge in [-0.15, -0.1) is 0 Å². The third-order valence-electron chi connectivity index (χ3n) is 4.35. The Labute approximate surface area is 135 Å². The van der Waals surface area contributed by atoms with E-state index >= 15 is 0 Å². The molecule has 0 radical (unpaired) electrons. The van der Waals surface area contributed by atoms with Gasteiger partial charge in [0.25, 0.3) is 5.91 Å². The van der Waals surface area contributed by atoms with E-state index in [0.717, 1.165) is 12.8 Å². The number of rotatable bonds is 6. The fraction of sp³-hybridized carbons (Fsp3) is 0.529. The fourth-order valence-electron chi connectivity index (χ4n) is 2.77. The van der Waals surface area contributed by atoms with Crippen LogP contribution in [0.3, 0.4) is 0 Å². The topological polar surface area (TPSA) is 84.9 Å². The van der Waals surface area contributed by atoms with Crippen molar-refractivity contribution in [3.05, 3.63) is 24.3 Å². The SMILES string of the molecule is COc1ccc(OCC(=O)NC2(C(=O)O)CCC(C)CC2)cc1. The highest BCUT2D eigenvalue weighted by molar-refractivity contribution is 5.87. The van der Waals surface area contributed by atoms with Gasteiger partial charge in [-0.25, -0.2) is 4.79 Å². The van der Waals surface area contributed by atoms with Crippen molar-refractivity contribution in [3.63, 3.8) is 0 Å². The number of carbonyl (C=O) groups is 2. The molecule has 0 bridgehead atoms. The maximum Gasteiger partial charge on any atom is 0.329 e. The lowest BCUT2D eigenvalue weighted by atomic mass is 9.77. The van der Waals surface area contributed by atoms with Gasteiger partial charge in [0.2, 0.25) is 0 Å². The van der Waals surface area contributed by atoms with E-state index in [2.05, 4.69) is 12.2 Å². The molecule has 1 amide bonds. The van der Waals surface area contributed by atoms with Crippen LogP contribution in [0.1, 0.15) is 32.6 Å². The molecule has 0 heterocycles. The smallest absolute Gasteiger partial charge is 0.329 e. The van der Waals surface area contributed by atoms with Crippen LogP contribution < -0.4 is 14.8 Å². The normalized spacial score (nSPS) is 23.8. The van der Waals surface area contributed by atoms with Gasteiger partial charge in [0, 0.05) is 0 Å². The first-order chi connectivity index (χ1) is 10.9. The van der Waals surface area contributed by atoms with Crippen molar-refractivity contribution in [2.45, 2.75) is 38.1 Å². The first-order valence-electron chi connectivity index (χ1n) is 7.76. The summed E-state index contributed by atoms with van der Waals surface area (Å²) in [6, 6.07) is 6.85. The van der Waals surface area contributed by atoms with Crippen molar-refractivity contribution in [2.75, 3.05) is 13.7 Å². The number of hydrogen-bond acceptors (Lipinski definition) is 4. The van der Waals surface area contributed by atoms with Crippen molar-refractivity contribution in [1.82, 2.24) is 5.32 Å². The molecule has 126 valence electrons. The second-order valence-electron chi connectivity index (χ2n) is 6.08. The summed E-state index contributed by atoms with van der Waals surface area (Å²) in [4.78, 5) is 23.7. The quantitative estimate of drug-likeness (QED) is 0.839. The van der Waals surface area contributed by atoms with Gasteiger partial charge in [0.05, 0.1) is 7.11 Å². The molecule has 1 aliphatic carbocycles. The number of carboxylic acids is 1. The third kappa shape index (κ3) is 4.37. The molecule has 0 aromatic heterocycles. The Morgan fingerprint density at radius 1 is 1.22 bits per heavy atom. The Morgan fingerprint density at radius 2 is 1.78 bits per heavy atom. The minimum atomic E-state index is -1.16. The Bertz CT molecular complexity index is 547. The molecule has 0 atom stereocenters. The van der Waals surface area contributed by atoms with Gasteiger partial charge in [-0.2, -0.15) is 0 Å². The summed E-state index contributed by atoms with van der Waals surface area (Å²) in [5, 5.41) is 12.2. The van der Waals surface area contributed by atoms with E-state index in [4.69, 9.17) is 9.47 Å².